The Labute approximate surface area is 187 Å². The van der Waals surface area contributed by atoms with Crippen molar-refractivity contribution in [2.24, 2.45) is 5.92 Å². The van der Waals surface area contributed by atoms with E-state index in [-0.39, 0.29) is 12.3 Å². The topological polar surface area (TPSA) is 118 Å². The number of carboxylic acids is 1. The molecule has 0 radical (unpaired) electrons. The maximum absolute atomic E-state index is 11.0. The van der Waals surface area contributed by atoms with E-state index in [1.807, 2.05) is 37.4 Å². The van der Waals surface area contributed by atoms with Crippen molar-refractivity contribution in [1.29, 1.82) is 0 Å². The van der Waals surface area contributed by atoms with Crippen molar-refractivity contribution in [1.82, 2.24) is 19.6 Å². The van der Waals surface area contributed by atoms with Crippen LogP contribution < -0.4 is 11.1 Å². The molecule has 0 amide bonds. The van der Waals surface area contributed by atoms with Gasteiger partial charge in [-0.25, -0.2) is 4.98 Å². The van der Waals surface area contributed by atoms with Gasteiger partial charge in [-0.05, 0) is 40.4 Å². The van der Waals surface area contributed by atoms with Crippen molar-refractivity contribution in [3.8, 4) is 11.1 Å². The highest BCUT2D eigenvalue weighted by molar-refractivity contribution is 9.10. The van der Waals surface area contributed by atoms with Crippen molar-refractivity contribution in [3.05, 3.63) is 47.2 Å². The number of anilines is 2. The molecule has 0 saturated heterocycles. The molecule has 4 N–H and O–H groups in total. The number of pyridine rings is 1. The van der Waals surface area contributed by atoms with Crippen LogP contribution >= 0.6 is 15.9 Å². The molecule has 4 rings (SSSR count). The van der Waals surface area contributed by atoms with Gasteiger partial charge in [0.25, 0.3) is 0 Å². The number of hydrogen-bond donors (Lipinski definition) is 3. The Bertz CT molecular complexity index is 1260. The maximum atomic E-state index is 11.0. The molecule has 8 nitrogen and oxygen atoms in total. The summed E-state index contributed by atoms with van der Waals surface area (Å²) in [6, 6.07) is 9.99. The average molecular weight is 483 g/mol. The van der Waals surface area contributed by atoms with Gasteiger partial charge in [-0.2, -0.15) is 9.61 Å². The van der Waals surface area contributed by atoms with Crippen LogP contribution in [0.1, 0.15) is 26.2 Å². The molecular formula is C22H23BrN6O2. The summed E-state index contributed by atoms with van der Waals surface area (Å²) in [5.41, 5.74) is 9.59. The summed E-state index contributed by atoms with van der Waals surface area (Å²) in [5.74, 6) is 0.375. The summed E-state index contributed by atoms with van der Waals surface area (Å²) in [6.07, 6.45) is 5.24. The van der Waals surface area contributed by atoms with Crippen LogP contribution in [0.5, 0.6) is 0 Å². The summed E-state index contributed by atoms with van der Waals surface area (Å²) in [7, 11) is 0. The number of halogens is 1. The molecule has 1 atom stereocenters. The van der Waals surface area contributed by atoms with E-state index in [0.29, 0.717) is 28.3 Å². The Kier molecular flexibility index (Phi) is 6.03. The third kappa shape index (κ3) is 4.32. The van der Waals surface area contributed by atoms with Crippen molar-refractivity contribution in [3.63, 3.8) is 0 Å². The summed E-state index contributed by atoms with van der Waals surface area (Å²) < 4.78 is 2.22. The number of aromatic nitrogens is 4. The molecule has 9 heteroatoms. The van der Waals surface area contributed by atoms with E-state index in [9.17, 15) is 4.79 Å². The highest BCUT2D eigenvalue weighted by Crippen LogP contribution is 2.33. The van der Waals surface area contributed by atoms with Gasteiger partial charge in [0.05, 0.1) is 11.7 Å². The van der Waals surface area contributed by atoms with E-state index in [2.05, 4.69) is 37.4 Å². The fourth-order valence-corrected chi connectivity index (χ4v) is 4.02. The normalized spacial score (nSPS) is 12.3. The zero-order chi connectivity index (χ0) is 22.0. The zero-order valence-electron chi connectivity index (χ0n) is 17.0. The number of nitrogen functional groups attached to an aromatic ring is 1. The SMILES string of the molecule is CCC(CCNc1nc2c(-c3cnc4ccccc4c3)cnn2c(N)c1Br)CC(=O)O. The van der Waals surface area contributed by atoms with E-state index in [0.717, 1.165) is 34.9 Å². The Morgan fingerprint density at radius 1 is 1.32 bits per heavy atom. The molecule has 1 aromatic carbocycles. The van der Waals surface area contributed by atoms with Crippen LogP contribution in [0.2, 0.25) is 0 Å². The van der Waals surface area contributed by atoms with Gasteiger partial charge in [0, 0.05) is 35.7 Å². The lowest BCUT2D eigenvalue weighted by molar-refractivity contribution is -0.138. The Morgan fingerprint density at radius 3 is 2.90 bits per heavy atom. The monoisotopic (exact) mass is 482 g/mol. The molecule has 3 heterocycles. The first-order chi connectivity index (χ1) is 15.0. The number of fused-ring (bicyclic) bond motifs is 2. The highest BCUT2D eigenvalue weighted by Gasteiger charge is 2.17. The van der Waals surface area contributed by atoms with E-state index in [1.54, 1.807) is 10.7 Å². The number of hydrogen-bond acceptors (Lipinski definition) is 6. The molecule has 0 spiro atoms. The molecule has 1 unspecified atom stereocenters. The zero-order valence-corrected chi connectivity index (χ0v) is 18.6. The predicted octanol–water partition coefficient (Wildman–Crippen LogP) is 4.59. The smallest absolute Gasteiger partial charge is 0.303 e. The van der Waals surface area contributed by atoms with Gasteiger partial charge >= 0.3 is 5.97 Å². The second kappa shape index (κ2) is 8.89. The number of nitrogens with one attached hydrogen (secondary N) is 1. The lowest BCUT2D eigenvalue weighted by atomic mass is 9.99. The van der Waals surface area contributed by atoms with Gasteiger partial charge in [-0.15, -0.1) is 0 Å². The summed E-state index contributed by atoms with van der Waals surface area (Å²) >= 11 is 3.51. The first-order valence-electron chi connectivity index (χ1n) is 10.1. The van der Waals surface area contributed by atoms with Gasteiger partial charge < -0.3 is 16.2 Å². The van der Waals surface area contributed by atoms with E-state index < -0.39 is 5.97 Å². The number of carbonyl (C=O) groups is 1. The average Bonchev–Trinajstić information content (AvgIpc) is 3.19. The third-order valence-electron chi connectivity index (χ3n) is 5.41. The second-order valence-corrected chi connectivity index (χ2v) is 8.25. The molecule has 0 fully saturated rings. The van der Waals surface area contributed by atoms with Crippen LogP contribution in [0.15, 0.2) is 47.2 Å². The van der Waals surface area contributed by atoms with Crippen LogP contribution in [0.4, 0.5) is 11.6 Å². The summed E-state index contributed by atoms with van der Waals surface area (Å²) in [6.45, 7) is 2.59. The van der Waals surface area contributed by atoms with Crippen LogP contribution in [0, 0.1) is 5.92 Å². The molecule has 0 bridgehead atoms. The van der Waals surface area contributed by atoms with Gasteiger partial charge in [0.1, 0.15) is 16.1 Å². The number of carboxylic acid groups (broad SMARTS) is 1. The minimum atomic E-state index is -0.773. The summed E-state index contributed by atoms with van der Waals surface area (Å²) in [4.78, 5) is 20.3. The first kappa shape index (κ1) is 21.0. The van der Waals surface area contributed by atoms with Crippen molar-refractivity contribution >= 4 is 50.1 Å². The fraction of sp³-hybridized carbons (Fsp3) is 0.273. The lowest BCUT2D eigenvalue weighted by Gasteiger charge is -2.15. The molecule has 31 heavy (non-hydrogen) atoms. The molecule has 0 aliphatic carbocycles. The molecule has 160 valence electrons. The molecule has 3 aromatic heterocycles. The van der Waals surface area contributed by atoms with Gasteiger partial charge in [0.15, 0.2) is 5.65 Å². The van der Waals surface area contributed by atoms with E-state index in [4.69, 9.17) is 15.8 Å². The largest absolute Gasteiger partial charge is 0.481 e. The summed E-state index contributed by atoms with van der Waals surface area (Å²) in [5, 5.41) is 17.8. The molecule has 0 aliphatic heterocycles. The van der Waals surface area contributed by atoms with E-state index >= 15 is 0 Å². The Hall–Kier alpha value is -3.20. The highest BCUT2D eigenvalue weighted by atomic mass is 79.9. The van der Waals surface area contributed by atoms with Crippen molar-refractivity contribution in [2.75, 3.05) is 17.6 Å². The van der Waals surface area contributed by atoms with Gasteiger partial charge in [0.2, 0.25) is 0 Å². The van der Waals surface area contributed by atoms with Crippen LogP contribution in [-0.4, -0.2) is 37.2 Å². The van der Waals surface area contributed by atoms with Crippen LogP contribution in [0.25, 0.3) is 27.7 Å². The number of para-hydroxylation sites is 1. The van der Waals surface area contributed by atoms with Crippen LogP contribution in [0.3, 0.4) is 0 Å². The first-order valence-corrected chi connectivity index (χ1v) is 10.9. The van der Waals surface area contributed by atoms with Crippen molar-refractivity contribution in [2.45, 2.75) is 26.2 Å². The minimum absolute atomic E-state index is 0.110. The van der Waals surface area contributed by atoms with E-state index in [1.165, 1.54) is 0 Å². The minimum Gasteiger partial charge on any atom is -0.481 e. The van der Waals surface area contributed by atoms with Gasteiger partial charge in [-0.1, -0.05) is 31.5 Å². The lowest BCUT2D eigenvalue weighted by Crippen LogP contribution is -2.14. The van der Waals surface area contributed by atoms with Gasteiger partial charge in [-0.3, -0.25) is 9.78 Å². The predicted molar refractivity (Wildman–Crippen MR) is 125 cm³/mol. The molecule has 4 aromatic rings. The Morgan fingerprint density at radius 2 is 2.13 bits per heavy atom. The number of aliphatic carboxylic acids is 1. The second-order valence-electron chi connectivity index (χ2n) is 7.46. The molecule has 0 aliphatic rings. The molecular weight excluding hydrogens is 460 g/mol. The number of nitrogens with zero attached hydrogens (tertiary/aromatic N) is 4. The third-order valence-corrected chi connectivity index (χ3v) is 6.19. The Balaban J connectivity index is 1.65. The maximum Gasteiger partial charge on any atom is 0.303 e. The number of rotatable bonds is 8. The standard InChI is InChI=1S/C22H23BrN6O2/c1-2-13(9-18(30)31)7-8-25-21-19(23)20(24)29-22(28-21)16(12-27-29)15-10-14-5-3-4-6-17(14)26-11-15/h3-6,10-13H,2,7-9,24H2,1H3,(H,25,28)(H,30,31). The fourth-order valence-electron chi connectivity index (χ4n) is 3.63. The van der Waals surface area contributed by atoms with Crippen LogP contribution in [-0.2, 0) is 4.79 Å². The molecule has 0 saturated carbocycles. The number of nitrogens with two attached hydrogens (primary N) is 1. The quantitative estimate of drug-likeness (QED) is 0.335. The van der Waals surface area contributed by atoms with Crippen molar-refractivity contribution < 1.29 is 9.90 Å². The number of benzene rings is 1.